The van der Waals surface area contributed by atoms with Gasteiger partial charge in [-0.15, -0.1) is 0 Å². The lowest BCUT2D eigenvalue weighted by atomic mass is 10.1. The summed E-state index contributed by atoms with van der Waals surface area (Å²) in [7, 11) is 0. The number of hydrogen-bond acceptors (Lipinski definition) is 4. The number of nitrogens with zero attached hydrogens (tertiary/aromatic N) is 1. The van der Waals surface area contributed by atoms with E-state index in [1.165, 1.54) is 60.7 Å². The molecule has 1 amide bonds. The molecule has 0 saturated carbocycles. The number of rotatable bonds is 5. The van der Waals surface area contributed by atoms with E-state index in [2.05, 4.69) is 5.32 Å². The minimum atomic E-state index is -4.46. The smallest absolute Gasteiger partial charge is 0.416 e. The lowest BCUT2D eigenvalue weighted by Gasteiger charge is -2.07. The van der Waals surface area contributed by atoms with Crippen molar-refractivity contribution in [3.05, 3.63) is 88.2 Å². The van der Waals surface area contributed by atoms with Gasteiger partial charge in [0.05, 0.1) is 10.5 Å². The third-order valence-corrected chi connectivity index (χ3v) is 3.85. The Labute approximate surface area is 162 Å². The number of carbonyl (C=O) groups is 1. The topological polar surface area (TPSA) is 85.4 Å². The molecule has 0 atom stereocenters. The number of benzene rings is 2. The minimum absolute atomic E-state index is 0.101. The van der Waals surface area contributed by atoms with Crippen LogP contribution in [0.25, 0.3) is 17.4 Å². The average Bonchev–Trinajstić information content (AvgIpc) is 3.15. The molecule has 1 N–H and O–H groups in total. The monoisotopic (exact) mass is 402 g/mol. The SMILES string of the molecule is O=C(/C=C/c1ccc(-c2cccc(C(F)(F)F)c2)o1)Nc1ccc([N+](=O)[O-])cc1. The van der Waals surface area contributed by atoms with Crippen LogP contribution in [0.5, 0.6) is 0 Å². The largest absolute Gasteiger partial charge is 0.457 e. The second kappa shape index (κ2) is 8.01. The molecule has 0 aliphatic carbocycles. The molecule has 0 aliphatic heterocycles. The van der Waals surface area contributed by atoms with Gasteiger partial charge in [0.1, 0.15) is 11.5 Å². The number of nitro benzene ring substituents is 1. The fourth-order valence-corrected chi connectivity index (χ4v) is 2.45. The standard InChI is InChI=1S/C20H13F3N2O4/c21-20(22,23)14-3-1-2-13(12-14)18-10-8-17(29-18)9-11-19(26)24-15-4-6-16(7-5-15)25(27)28/h1-12H,(H,24,26)/b11-9+. The Hall–Kier alpha value is -3.88. The van der Waals surface area contributed by atoms with Gasteiger partial charge in [-0.05, 0) is 42.5 Å². The van der Waals surface area contributed by atoms with Crippen molar-refractivity contribution in [1.29, 1.82) is 0 Å². The maximum absolute atomic E-state index is 12.8. The molecule has 3 aromatic rings. The Morgan fingerprint density at radius 2 is 1.79 bits per heavy atom. The van der Waals surface area contributed by atoms with Crippen molar-refractivity contribution >= 4 is 23.4 Å². The number of hydrogen-bond donors (Lipinski definition) is 1. The molecule has 1 aromatic heterocycles. The van der Waals surface area contributed by atoms with Crippen molar-refractivity contribution in [2.24, 2.45) is 0 Å². The van der Waals surface area contributed by atoms with E-state index < -0.39 is 22.6 Å². The van der Waals surface area contributed by atoms with E-state index >= 15 is 0 Å². The number of furan rings is 1. The quantitative estimate of drug-likeness (QED) is 0.346. The highest BCUT2D eigenvalue weighted by atomic mass is 19.4. The first-order valence-corrected chi connectivity index (χ1v) is 8.23. The maximum Gasteiger partial charge on any atom is 0.416 e. The number of non-ortho nitro benzene ring substituents is 1. The number of nitrogens with one attached hydrogen (secondary N) is 1. The van der Waals surface area contributed by atoms with Gasteiger partial charge in [0.2, 0.25) is 5.91 Å². The van der Waals surface area contributed by atoms with Crippen LogP contribution >= 0.6 is 0 Å². The average molecular weight is 402 g/mol. The van der Waals surface area contributed by atoms with E-state index in [-0.39, 0.29) is 22.8 Å². The van der Waals surface area contributed by atoms with Crippen LogP contribution in [0.1, 0.15) is 11.3 Å². The van der Waals surface area contributed by atoms with Crippen molar-refractivity contribution in [1.82, 2.24) is 0 Å². The molecular weight excluding hydrogens is 389 g/mol. The van der Waals surface area contributed by atoms with Gasteiger partial charge in [-0.1, -0.05) is 12.1 Å². The van der Waals surface area contributed by atoms with Crippen LogP contribution in [-0.4, -0.2) is 10.8 Å². The summed E-state index contributed by atoms with van der Waals surface area (Å²) in [5, 5.41) is 13.1. The van der Waals surface area contributed by atoms with Crippen LogP contribution in [0.4, 0.5) is 24.5 Å². The number of amides is 1. The van der Waals surface area contributed by atoms with E-state index in [0.717, 1.165) is 12.1 Å². The van der Waals surface area contributed by atoms with E-state index in [9.17, 15) is 28.1 Å². The van der Waals surface area contributed by atoms with Gasteiger partial charge in [0.25, 0.3) is 5.69 Å². The van der Waals surface area contributed by atoms with E-state index in [1.807, 2.05) is 0 Å². The molecule has 0 fully saturated rings. The summed E-state index contributed by atoms with van der Waals surface area (Å²) in [6.45, 7) is 0. The van der Waals surface area contributed by atoms with Gasteiger partial charge in [0, 0.05) is 29.5 Å². The van der Waals surface area contributed by atoms with Gasteiger partial charge < -0.3 is 9.73 Å². The van der Waals surface area contributed by atoms with Crippen molar-refractivity contribution in [2.75, 3.05) is 5.32 Å². The van der Waals surface area contributed by atoms with E-state index in [1.54, 1.807) is 0 Å². The fourth-order valence-electron chi connectivity index (χ4n) is 2.45. The molecule has 148 valence electrons. The number of halogens is 3. The molecule has 0 radical (unpaired) electrons. The number of anilines is 1. The zero-order valence-electron chi connectivity index (χ0n) is 14.6. The highest BCUT2D eigenvalue weighted by Crippen LogP contribution is 2.32. The van der Waals surface area contributed by atoms with Crippen LogP contribution < -0.4 is 5.32 Å². The molecule has 9 heteroatoms. The molecule has 2 aromatic carbocycles. The first kappa shape index (κ1) is 19.9. The molecule has 0 unspecified atom stereocenters. The minimum Gasteiger partial charge on any atom is -0.457 e. The Morgan fingerprint density at radius 3 is 2.45 bits per heavy atom. The Morgan fingerprint density at radius 1 is 1.07 bits per heavy atom. The second-order valence-corrected chi connectivity index (χ2v) is 5.91. The van der Waals surface area contributed by atoms with Gasteiger partial charge in [-0.2, -0.15) is 13.2 Å². The van der Waals surface area contributed by atoms with Crippen LogP contribution in [0.3, 0.4) is 0 Å². The van der Waals surface area contributed by atoms with Crippen LogP contribution in [-0.2, 0) is 11.0 Å². The summed E-state index contributed by atoms with van der Waals surface area (Å²) in [6, 6.07) is 13.0. The third-order valence-electron chi connectivity index (χ3n) is 3.85. The van der Waals surface area contributed by atoms with Gasteiger partial charge in [-0.3, -0.25) is 14.9 Å². The van der Waals surface area contributed by atoms with Crippen LogP contribution in [0.2, 0.25) is 0 Å². The Bertz CT molecular complexity index is 1070. The molecule has 0 aliphatic rings. The third kappa shape index (κ3) is 5.10. The lowest BCUT2D eigenvalue weighted by molar-refractivity contribution is -0.384. The summed E-state index contributed by atoms with van der Waals surface area (Å²) < 4.78 is 43.9. The van der Waals surface area contributed by atoms with Crippen molar-refractivity contribution in [2.45, 2.75) is 6.18 Å². The molecule has 6 nitrogen and oxygen atoms in total. The number of nitro groups is 1. The summed E-state index contributed by atoms with van der Waals surface area (Å²) in [4.78, 5) is 22.0. The van der Waals surface area contributed by atoms with Crippen molar-refractivity contribution in [3.63, 3.8) is 0 Å². The predicted molar refractivity (Wildman–Crippen MR) is 99.9 cm³/mol. The molecular formula is C20H13F3N2O4. The second-order valence-electron chi connectivity index (χ2n) is 5.91. The van der Waals surface area contributed by atoms with E-state index in [0.29, 0.717) is 5.69 Å². The zero-order chi connectivity index (χ0) is 21.0. The summed E-state index contributed by atoms with van der Waals surface area (Å²) in [5.74, 6) is -0.00124. The number of carbonyl (C=O) groups excluding carboxylic acids is 1. The molecule has 0 spiro atoms. The Kier molecular flexibility index (Phi) is 5.49. The van der Waals surface area contributed by atoms with E-state index in [4.69, 9.17) is 4.42 Å². The highest BCUT2D eigenvalue weighted by molar-refractivity contribution is 6.01. The van der Waals surface area contributed by atoms with Crippen molar-refractivity contribution in [3.8, 4) is 11.3 Å². The summed E-state index contributed by atoms with van der Waals surface area (Å²) >= 11 is 0. The van der Waals surface area contributed by atoms with Crippen LogP contribution in [0.15, 0.2) is 71.2 Å². The molecule has 3 rings (SSSR count). The fraction of sp³-hybridized carbons (Fsp3) is 0.0500. The summed E-state index contributed by atoms with van der Waals surface area (Å²) in [6.07, 6.45) is -1.92. The van der Waals surface area contributed by atoms with Gasteiger partial charge in [-0.25, -0.2) is 0 Å². The van der Waals surface area contributed by atoms with Crippen LogP contribution in [0, 0.1) is 10.1 Å². The molecule has 1 heterocycles. The predicted octanol–water partition coefficient (Wildman–Crippen LogP) is 5.53. The molecule has 0 bridgehead atoms. The molecule has 29 heavy (non-hydrogen) atoms. The molecule has 0 saturated heterocycles. The number of alkyl halides is 3. The normalized spacial score (nSPS) is 11.6. The maximum atomic E-state index is 12.8. The van der Waals surface area contributed by atoms with Gasteiger partial charge >= 0.3 is 6.18 Å². The first-order valence-electron chi connectivity index (χ1n) is 8.23. The first-order chi connectivity index (χ1) is 13.7. The lowest BCUT2D eigenvalue weighted by Crippen LogP contribution is -2.07. The summed E-state index contributed by atoms with van der Waals surface area (Å²) in [5.41, 5.74) is -0.258. The van der Waals surface area contributed by atoms with Gasteiger partial charge in [0.15, 0.2) is 0 Å². The van der Waals surface area contributed by atoms with Crippen molar-refractivity contribution < 1.29 is 27.3 Å². The zero-order valence-corrected chi connectivity index (χ0v) is 14.6. The highest BCUT2D eigenvalue weighted by Gasteiger charge is 2.30. The Balaban J connectivity index is 1.67.